The molecule has 0 fully saturated rings. The summed E-state index contributed by atoms with van der Waals surface area (Å²) in [6, 6.07) is 7.90. The maximum atomic E-state index is 10.8. The average molecular weight is 311 g/mol. The van der Waals surface area contributed by atoms with Crippen LogP contribution in [0.2, 0.25) is 5.02 Å². The number of thiazole rings is 1. The van der Waals surface area contributed by atoms with Crippen molar-refractivity contribution in [3.05, 3.63) is 50.9 Å². The molecule has 0 aliphatic heterocycles. The van der Waals surface area contributed by atoms with E-state index in [1.807, 2.05) is 31.3 Å². The van der Waals surface area contributed by atoms with E-state index in [1.54, 1.807) is 5.38 Å². The fourth-order valence-corrected chi connectivity index (χ4v) is 2.74. The molecular formula is C14H15ClN2O2S. The number of carboxylic acid groups (broad SMARTS) is 1. The van der Waals surface area contributed by atoms with Crippen LogP contribution in [0.15, 0.2) is 29.6 Å². The van der Waals surface area contributed by atoms with Gasteiger partial charge in [0.15, 0.2) is 0 Å². The summed E-state index contributed by atoms with van der Waals surface area (Å²) in [4.78, 5) is 17.0. The van der Waals surface area contributed by atoms with Gasteiger partial charge in [-0.1, -0.05) is 23.7 Å². The van der Waals surface area contributed by atoms with Gasteiger partial charge in [-0.2, -0.15) is 0 Å². The maximum Gasteiger partial charge on any atom is 0.365 e. The molecule has 1 aromatic heterocycles. The van der Waals surface area contributed by atoms with E-state index in [2.05, 4.69) is 16.8 Å². The highest BCUT2D eigenvalue weighted by molar-refractivity contribution is 7.11. The molecule has 106 valence electrons. The Balaban J connectivity index is 2.07. The standard InChI is InChI=1S/C14H15ClN2O2S/c1-9(10-4-3-5-11(15)6-10)17(2)7-12-8-20-13(16-12)14(18)19/h3-6,8-9H,7H2,1-2H3,(H,18,19). The van der Waals surface area contributed by atoms with Gasteiger partial charge in [0.2, 0.25) is 5.01 Å². The highest BCUT2D eigenvalue weighted by Crippen LogP contribution is 2.23. The lowest BCUT2D eigenvalue weighted by Gasteiger charge is -2.24. The number of nitrogens with zero attached hydrogens (tertiary/aromatic N) is 2. The van der Waals surface area contributed by atoms with Gasteiger partial charge in [0, 0.05) is 23.0 Å². The molecule has 6 heteroatoms. The van der Waals surface area contributed by atoms with Crippen molar-refractivity contribution in [3.8, 4) is 0 Å². The van der Waals surface area contributed by atoms with E-state index in [-0.39, 0.29) is 11.0 Å². The first-order chi connectivity index (χ1) is 9.47. The average Bonchev–Trinajstić information content (AvgIpc) is 2.86. The molecule has 20 heavy (non-hydrogen) atoms. The van der Waals surface area contributed by atoms with Crippen LogP contribution >= 0.6 is 22.9 Å². The molecule has 2 rings (SSSR count). The highest BCUT2D eigenvalue weighted by atomic mass is 35.5. The molecule has 1 heterocycles. The molecule has 0 saturated carbocycles. The summed E-state index contributed by atoms with van der Waals surface area (Å²) in [5.74, 6) is -0.980. The van der Waals surface area contributed by atoms with E-state index in [1.165, 1.54) is 0 Å². The summed E-state index contributed by atoms with van der Waals surface area (Å²) >= 11 is 7.15. The third kappa shape index (κ3) is 3.56. The summed E-state index contributed by atoms with van der Waals surface area (Å²) in [7, 11) is 1.98. The number of halogens is 1. The van der Waals surface area contributed by atoms with Crippen LogP contribution in [0.25, 0.3) is 0 Å². The summed E-state index contributed by atoms with van der Waals surface area (Å²) < 4.78 is 0. The predicted molar refractivity (Wildman–Crippen MR) is 80.4 cm³/mol. The van der Waals surface area contributed by atoms with E-state index >= 15 is 0 Å². The van der Waals surface area contributed by atoms with Crippen molar-refractivity contribution in [2.45, 2.75) is 19.5 Å². The van der Waals surface area contributed by atoms with Crippen LogP contribution in [0.3, 0.4) is 0 Å². The minimum Gasteiger partial charge on any atom is -0.476 e. The monoisotopic (exact) mass is 310 g/mol. The van der Waals surface area contributed by atoms with Crippen LogP contribution in [-0.4, -0.2) is 28.0 Å². The van der Waals surface area contributed by atoms with Gasteiger partial charge in [-0.05, 0) is 31.7 Å². The smallest absolute Gasteiger partial charge is 0.365 e. The fraction of sp³-hybridized carbons (Fsp3) is 0.286. The molecule has 0 spiro atoms. The van der Waals surface area contributed by atoms with Crippen LogP contribution in [0, 0.1) is 0 Å². The molecule has 0 saturated heterocycles. The second kappa shape index (κ2) is 6.35. The summed E-state index contributed by atoms with van der Waals surface area (Å²) in [6.45, 7) is 2.67. The zero-order valence-electron chi connectivity index (χ0n) is 11.2. The second-order valence-corrected chi connectivity index (χ2v) is 5.89. The van der Waals surface area contributed by atoms with Crippen molar-refractivity contribution >= 4 is 28.9 Å². The summed E-state index contributed by atoms with van der Waals surface area (Å²) in [5.41, 5.74) is 1.89. The Morgan fingerprint density at radius 1 is 1.55 bits per heavy atom. The van der Waals surface area contributed by atoms with E-state index in [0.717, 1.165) is 22.6 Å². The molecule has 1 unspecified atom stereocenters. The van der Waals surface area contributed by atoms with Gasteiger partial charge < -0.3 is 5.11 Å². The van der Waals surface area contributed by atoms with Crippen molar-refractivity contribution in [3.63, 3.8) is 0 Å². The van der Waals surface area contributed by atoms with E-state index in [0.29, 0.717) is 11.6 Å². The van der Waals surface area contributed by atoms with Crippen molar-refractivity contribution in [2.75, 3.05) is 7.05 Å². The van der Waals surface area contributed by atoms with Crippen LogP contribution < -0.4 is 0 Å². The number of rotatable bonds is 5. The van der Waals surface area contributed by atoms with Crippen LogP contribution in [0.4, 0.5) is 0 Å². The quantitative estimate of drug-likeness (QED) is 0.915. The van der Waals surface area contributed by atoms with Gasteiger partial charge in [0.05, 0.1) is 5.69 Å². The molecule has 0 aliphatic carbocycles. The zero-order valence-corrected chi connectivity index (χ0v) is 12.8. The molecule has 0 aliphatic rings. The molecule has 0 amide bonds. The van der Waals surface area contributed by atoms with Crippen molar-refractivity contribution < 1.29 is 9.90 Å². The molecule has 1 aromatic carbocycles. The second-order valence-electron chi connectivity index (χ2n) is 4.60. The lowest BCUT2D eigenvalue weighted by molar-refractivity contribution is 0.0696. The molecular weight excluding hydrogens is 296 g/mol. The van der Waals surface area contributed by atoms with Crippen molar-refractivity contribution in [1.82, 2.24) is 9.88 Å². The number of benzene rings is 1. The molecule has 1 N–H and O–H groups in total. The number of hydrogen-bond acceptors (Lipinski definition) is 4. The Morgan fingerprint density at radius 3 is 2.90 bits per heavy atom. The number of carbonyl (C=O) groups is 1. The Morgan fingerprint density at radius 2 is 2.30 bits per heavy atom. The van der Waals surface area contributed by atoms with Gasteiger partial charge in [-0.15, -0.1) is 11.3 Å². The summed E-state index contributed by atoms with van der Waals surface area (Å²) in [6.07, 6.45) is 0. The molecule has 2 aromatic rings. The fourth-order valence-electron chi connectivity index (χ4n) is 1.89. The zero-order chi connectivity index (χ0) is 14.7. The molecule has 4 nitrogen and oxygen atoms in total. The van der Waals surface area contributed by atoms with Crippen molar-refractivity contribution in [1.29, 1.82) is 0 Å². The van der Waals surface area contributed by atoms with Gasteiger partial charge >= 0.3 is 5.97 Å². The van der Waals surface area contributed by atoms with Crippen LogP contribution in [-0.2, 0) is 6.54 Å². The normalized spacial score (nSPS) is 12.6. The van der Waals surface area contributed by atoms with Gasteiger partial charge in [-0.25, -0.2) is 9.78 Å². The Kier molecular flexibility index (Phi) is 4.75. The number of hydrogen-bond donors (Lipinski definition) is 1. The Hall–Kier alpha value is -1.43. The Bertz CT molecular complexity index is 615. The van der Waals surface area contributed by atoms with Gasteiger partial charge in [0.1, 0.15) is 0 Å². The third-order valence-electron chi connectivity index (χ3n) is 3.14. The lowest BCUT2D eigenvalue weighted by atomic mass is 10.1. The SMILES string of the molecule is CC(c1cccc(Cl)c1)N(C)Cc1csc(C(=O)O)n1. The molecule has 0 bridgehead atoms. The molecule has 0 radical (unpaired) electrons. The number of aromatic carboxylic acids is 1. The minimum absolute atomic E-state index is 0.129. The number of aromatic nitrogens is 1. The lowest BCUT2D eigenvalue weighted by Crippen LogP contribution is -2.22. The van der Waals surface area contributed by atoms with E-state index < -0.39 is 5.97 Å². The Labute approximate surface area is 126 Å². The highest BCUT2D eigenvalue weighted by Gasteiger charge is 2.15. The van der Waals surface area contributed by atoms with Gasteiger partial charge in [-0.3, -0.25) is 4.90 Å². The van der Waals surface area contributed by atoms with Crippen molar-refractivity contribution in [2.24, 2.45) is 0 Å². The first-order valence-electron chi connectivity index (χ1n) is 6.11. The van der Waals surface area contributed by atoms with E-state index in [9.17, 15) is 4.79 Å². The van der Waals surface area contributed by atoms with Crippen LogP contribution in [0.5, 0.6) is 0 Å². The van der Waals surface area contributed by atoms with E-state index in [4.69, 9.17) is 16.7 Å². The van der Waals surface area contributed by atoms with Crippen LogP contribution in [0.1, 0.15) is 34.0 Å². The predicted octanol–water partition coefficient (Wildman–Crippen LogP) is 3.69. The largest absolute Gasteiger partial charge is 0.476 e. The number of carboxylic acids is 1. The topological polar surface area (TPSA) is 53.4 Å². The summed E-state index contributed by atoms with van der Waals surface area (Å²) in [5, 5.41) is 11.5. The molecule has 1 atom stereocenters. The first kappa shape index (κ1) is 15.0. The third-order valence-corrected chi connectivity index (χ3v) is 4.25. The first-order valence-corrected chi connectivity index (χ1v) is 7.36. The van der Waals surface area contributed by atoms with Gasteiger partial charge in [0.25, 0.3) is 0 Å². The maximum absolute atomic E-state index is 10.8. The minimum atomic E-state index is -0.980.